The Morgan fingerprint density at radius 3 is 2.26 bits per heavy atom. The summed E-state index contributed by atoms with van der Waals surface area (Å²) in [6.45, 7) is 0. The molecule has 182 valence electrons. The van der Waals surface area contributed by atoms with Gasteiger partial charge in [-0.3, -0.25) is 14.9 Å². The number of guanidine groups is 1. The van der Waals surface area contributed by atoms with Crippen LogP contribution in [0.4, 0.5) is 18.9 Å². The fourth-order valence-corrected chi connectivity index (χ4v) is 3.72. The number of amides is 2. The van der Waals surface area contributed by atoms with Crippen LogP contribution in [0.15, 0.2) is 41.4 Å². The zero-order valence-electron chi connectivity index (χ0n) is 18.4. The number of aliphatic imine (C=N–C) groups is 1. The van der Waals surface area contributed by atoms with Crippen molar-refractivity contribution >= 4 is 35.1 Å². The molecule has 0 atom stereocenters. The number of carbonyl (C=O) groups excluding carboxylic acids is 2. The third-order valence-electron chi connectivity index (χ3n) is 5.42. The van der Waals surface area contributed by atoms with E-state index in [-0.39, 0.29) is 22.2 Å². The van der Waals surface area contributed by atoms with Crippen LogP contribution in [-0.4, -0.2) is 23.8 Å². The third kappa shape index (κ3) is 8.06. The average molecular weight is 495 g/mol. The Kier molecular flexibility index (Phi) is 8.92. The van der Waals surface area contributed by atoms with Gasteiger partial charge in [-0.1, -0.05) is 30.9 Å². The molecule has 0 aliphatic heterocycles. The molecule has 2 aliphatic carbocycles. The van der Waals surface area contributed by atoms with Crippen LogP contribution in [-0.2, 0) is 4.79 Å². The van der Waals surface area contributed by atoms with Gasteiger partial charge < -0.3 is 11.1 Å². The van der Waals surface area contributed by atoms with Crippen molar-refractivity contribution < 1.29 is 22.8 Å². The molecule has 0 radical (unpaired) electrons. The molecule has 0 spiro atoms. The van der Waals surface area contributed by atoms with Gasteiger partial charge in [0.25, 0.3) is 5.91 Å². The average Bonchev–Trinajstić information content (AvgIpc) is 3.61. The van der Waals surface area contributed by atoms with E-state index in [1.807, 2.05) is 0 Å². The summed E-state index contributed by atoms with van der Waals surface area (Å²) in [4.78, 5) is 26.9. The Balaban J connectivity index is 0.000000226. The Labute approximate surface area is 200 Å². The minimum atomic E-state index is -1.17. The van der Waals surface area contributed by atoms with Crippen molar-refractivity contribution in [2.45, 2.75) is 51.0 Å². The molecule has 4 rings (SSSR count). The molecule has 0 unspecified atom stereocenters. The summed E-state index contributed by atoms with van der Waals surface area (Å²) in [7, 11) is 0. The minimum Gasteiger partial charge on any atom is -0.369 e. The number of hydrogen-bond acceptors (Lipinski definition) is 3. The molecule has 10 heteroatoms. The molecular weight excluding hydrogens is 469 g/mol. The van der Waals surface area contributed by atoms with E-state index in [9.17, 15) is 22.8 Å². The van der Waals surface area contributed by atoms with Crippen LogP contribution in [0.5, 0.6) is 0 Å². The zero-order valence-corrected chi connectivity index (χ0v) is 19.2. The lowest BCUT2D eigenvalue weighted by Gasteiger charge is -2.22. The molecule has 0 aromatic heterocycles. The smallest absolute Gasteiger partial charge is 0.258 e. The van der Waals surface area contributed by atoms with Gasteiger partial charge in [0.1, 0.15) is 5.82 Å². The number of halogens is 4. The van der Waals surface area contributed by atoms with Crippen LogP contribution in [0.3, 0.4) is 0 Å². The first-order valence-electron chi connectivity index (χ1n) is 11.1. The molecule has 6 nitrogen and oxygen atoms in total. The summed E-state index contributed by atoms with van der Waals surface area (Å²) in [5, 5.41) is 5.42. The summed E-state index contributed by atoms with van der Waals surface area (Å²) >= 11 is 5.65. The van der Waals surface area contributed by atoms with Gasteiger partial charge in [0, 0.05) is 22.5 Å². The van der Waals surface area contributed by atoms with E-state index in [1.165, 1.54) is 38.2 Å². The highest BCUT2D eigenvalue weighted by Gasteiger charge is 2.31. The van der Waals surface area contributed by atoms with E-state index >= 15 is 0 Å². The topological polar surface area (TPSA) is 96.6 Å². The predicted molar refractivity (Wildman–Crippen MR) is 124 cm³/mol. The predicted octanol–water partition coefficient (Wildman–Crippen LogP) is 4.98. The molecule has 2 aliphatic rings. The number of benzene rings is 2. The summed E-state index contributed by atoms with van der Waals surface area (Å²) in [6, 6.07) is 6.59. The Morgan fingerprint density at radius 2 is 1.65 bits per heavy atom. The van der Waals surface area contributed by atoms with Crippen molar-refractivity contribution in [3.8, 4) is 0 Å². The van der Waals surface area contributed by atoms with Crippen molar-refractivity contribution in [2.24, 2.45) is 16.6 Å². The van der Waals surface area contributed by atoms with Crippen LogP contribution in [0.2, 0.25) is 5.02 Å². The van der Waals surface area contributed by atoms with Gasteiger partial charge in [-0.2, -0.15) is 0 Å². The Bertz CT molecular complexity index is 1050. The second-order valence-electron chi connectivity index (χ2n) is 8.33. The Morgan fingerprint density at radius 1 is 0.941 bits per heavy atom. The summed E-state index contributed by atoms with van der Waals surface area (Å²) in [5.41, 5.74) is 5.44. The lowest BCUT2D eigenvalue weighted by Crippen LogP contribution is -2.37. The number of nitrogens with one attached hydrogen (secondary N) is 2. The maximum absolute atomic E-state index is 13.1. The van der Waals surface area contributed by atoms with Gasteiger partial charge in [0.15, 0.2) is 11.6 Å². The van der Waals surface area contributed by atoms with Crippen molar-refractivity contribution in [3.05, 3.63) is 64.4 Å². The molecule has 2 amide bonds. The SMILES string of the molecule is NC(=Nc1cc(F)cc(Cl)c1)NC(=O)c1ccc(F)c(F)c1.O=C(NC1CCCCC1)C1CC1. The first kappa shape index (κ1) is 25.6. The van der Waals surface area contributed by atoms with Crippen molar-refractivity contribution in [2.75, 3.05) is 0 Å². The molecule has 2 fully saturated rings. The molecule has 34 heavy (non-hydrogen) atoms. The molecule has 0 saturated heterocycles. The number of nitrogens with zero attached hydrogens (tertiary/aromatic N) is 1. The van der Waals surface area contributed by atoms with E-state index in [0.717, 1.165) is 43.2 Å². The first-order valence-corrected chi connectivity index (χ1v) is 11.5. The van der Waals surface area contributed by atoms with Crippen molar-refractivity contribution in [1.29, 1.82) is 0 Å². The second-order valence-corrected chi connectivity index (χ2v) is 8.76. The van der Waals surface area contributed by atoms with Gasteiger partial charge >= 0.3 is 0 Å². The highest BCUT2D eigenvalue weighted by molar-refractivity contribution is 6.30. The van der Waals surface area contributed by atoms with Crippen LogP contribution >= 0.6 is 11.6 Å². The molecule has 2 aromatic rings. The van der Waals surface area contributed by atoms with Crippen LogP contribution in [0.1, 0.15) is 55.3 Å². The summed E-state index contributed by atoms with van der Waals surface area (Å²) < 4.78 is 39.0. The molecule has 4 N–H and O–H groups in total. The van der Waals surface area contributed by atoms with Crippen LogP contribution < -0.4 is 16.4 Å². The number of hydrogen-bond donors (Lipinski definition) is 3. The van der Waals surface area contributed by atoms with Crippen LogP contribution in [0, 0.1) is 23.4 Å². The maximum Gasteiger partial charge on any atom is 0.258 e. The quantitative estimate of drug-likeness (QED) is 0.413. The molecule has 2 saturated carbocycles. The fourth-order valence-electron chi connectivity index (χ4n) is 3.51. The van der Waals surface area contributed by atoms with Gasteiger partial charge in [-0.25, -0.2) is 18.2 Å². The highest BCUT2D eigenvalue weighted by Crippen LogP contribution is 2.29. The maximum atomic E-state index is 13.1. The standard InChI is InChI=1S/C14H9ClF3N3O.C10H17NO/c15-8-4-9(16)6-10(5-8)20-14(19)21-13(22)7-1-2-11(17)12(18)3-7;12-10(8-6-7-8)11-9-4-2-1-3-5-9/h1-6H,(H3,19,20,21,22);8-9H,1-7H2,(H,11,12). The third-order valence-corrected chi connectivity index (χ3v) is 5.64. The number of nitrogens with two attached hydrogens (primary N) is 1. The number of carbonyl (C=O) groups is 2. The van der Waals surface area contributed by atoms with E-state index < -0.39 is 23.4 Å². The van der Waals surface area contributed by atoms with Crippen LogP contribution in [0.25, 0.3) is 0 Å². The van der Waals surface area contributed by atoms with E-state index in [2.05, 4.69) is 15.6 Å². The van der Waals surface area contributed by atoms with E-state index in [1.54, 1.807) is 0 Å². The van der Waals surface area contributed by atoms with Crippen molar-refractivity contribution in [3.63, 3.8) is 0 Å². The van der Waals surface area contributed by atoms with E-state index in [0.29, 0.717) is 17.9 Å². The van der Waals surface area contributed by atoms with Gasteiger partial charge in [0.2, 0.25) is 11.9 Å². The summed E-state index contributed by atoms with van der Waals surface area (Å²) in [5.74, 6) is -3.30. The lowest BCUT2D eigenvalue weighted by molar-refractivity contribution is -0.123. The lowest BCUT2D eigenvalue weighted by atomic mass is 9.95. The fraction of sp³-hybridized carbons (Fsp3) is 0.375. The normalized spacial score (nSPS) is 16.3. The van der Waals surface area contributed by atoms with E-state index in [4.69, 9.17) is 17.3 Å². The second kappa shape index (κ2) is 11.9. The largest absolute Gasteiger partial charge is 0.369 e. The monoisotopic (exact) mass is 494 g/mol. The zero-order chi connectivity index (χ0) is 24.7. The number of rotatable bonds is 4. The highest BCUT2D eigenvalue weighted by atomic mass is 35.5. The molecule has 0 heterocycles. The first-order chi connectivity index (χ1) is 16.2. The van der Waals surface area contributed by atoms with Gasteiger partial charge in [-0.05, 0) is 62.1 Å². The summed E-state index contributed by atoms with van der Waals surface area (Å²) in [6.07, 6.45) is 8.62. The Hall–Kier alpha value is -3.07. The van der Waals surface area contributed by atoms with Gasteiger partial charge in [-0.15, -0.1) is 0 Å². The minimum absolute atomic E-state index is 0.0908. The van der Waals surface area contributed by atoms with Crippen molar-refractivity contribution in [1.82, 2.24) is 10.6 Å². The van der Waals surface area contributed by atoms with Gasteiger partial charge in [0.05, 0.1) is 5.69 Å². The molecule has 0 bridgehead atoms. The molecular formula is C24H26ClF3N4O2. The molecule has 2 aromatic carbocycles.